The molecule has 3 rings (SSSR count). The van der Waals surface area contributed by atoms with Gasteiger partial charge in [0.05, 0.1) is 0 Å². The van der Waals surface area contributed by atoms with Gasteiger partial charge in [-0.2, -0.15) is 4.98 Å². The van der Waals surface area contributed by atoms with Gasteiger partial charge in [0.15, 0.2) is 5.82 Å². The van der Waals surface area contributed by atoms with Crippen LogP contribution in [0.1, 0.15) is 42.8 Å². The molecule has 1 atom stereocenters. The van der Waals surface area contributed by atoms with Gasteiger partial charge in [-0.1, -0.05) is 56.3 Å². The Morgan fingerprint density at radius 2 is 1.65 bits per heavy atom. The smallest absolute Gasteiger partial charge is 0.246 e. The summed E-state index contributed by atoms with van der Waals surface area (Å²) in [6, 6.07) is 17.5. The van der Waals surface area contributed by atoms with Crippen LogP contribution in [-0.4, -0.2) is 20.3 Å². The SMILES string of the molecule is CC(C)c1ccc(Nc2n[nH]c(C(O)c3ccccc3)n2)cc1. The molecule has 0 saturated heterocycles. The molecular formula is C18H20N4O. The number of H-pyrrole nitrogens is 1. The summed E-state index contributed by atoms with van der Waals surface area (Å²) in [4.78, 5) is 4.31. The second-order valence-electron chi connectivity index (χ2n) is 5.76. The fourth-order valence-electron chi connectivity index (χ4n) is 2.33. The first-order chi connectivity index (χ1) is 11.1. The summed E-state index contributed by atoms with van der Waals surface area (Å²) in [6.07, 6.45) is -0.817. The van der Waals surface area contributed by atoms with Crippen molar-refractivity contribution in [2.75, 3.05) is 5.32 Å². The summed E-state index contributed by atoms with van der Waals surface area (Å²) in [5, 5.41) is 20.3. The van der Waals surface area contributed by atoms with Crippen LogP contribution in [0, 0.1) is 0 Å². The monoisotopic (exact) mass is 308 g/mol. The largest absolute Gasteiger partial charge is 0.380 e. The summed E-state index contributed by atoms with van der Waals surface area (Å²) in [6.45, 7) is 4.32. The predicted octanol–water partition coefficient (Wildman–Crippen LogP) is 3.75. The minimum atomic E-state index is -0.817. The Morgan fingerprint density at radius 1 is 0.957 bits per heavy atom. The van der Waals surface area contributed by atoms with E-state index in [0.29, 0.717) is 17.7 Å². The summed E-state index contributed by atoms with van der Waals surface area (Å²) in [5.41, 5.74) is 2.97. The summed E-state index contributed by atoms with van der Waals surface area (Å²) in [7, 11) is 0. The lowest BCUT2D eigenvalue weighted by Gasteiger charge is -2.07. The van der Waals surface area contributed by atoms with Crippen molar-refractivity contribution in [2.45, 2.75) is 25.9 Å². The van der Waals surface area contributed by atoms with Crippen LogP contribution in [0.2, 0.25) is 0 Å². The molecule has 23 heavy (non-hydrogen) atoms. The third-order valence-corrected chi connectivity index (χ3v) is 3.71. The zero-order chi connectivity index (χ0) is 16.2. The maximum absolute atomic E-state index is 10.3. The van der Waals surface area contributed by atoms with Crippen molar-refractivity contribution in [1.82, 2.24) is 15.2 Å². The molecule has 5 heteroatoms. The van der Waals surface area contributed by atoms with Crippen LogP contribution >= 0.6 is 0 Å². The fourth-order valence-corrected chi connectivity index (χ4v) is 2.33. The zero-order valence-corrected chi connectivity index (χ0v) is 13.2. The van der Waals surface area contributed by atoms with Gasteiger partial charge in [-0.15, -0.1) is 5.10 Å². The van der Waals surface area contributed by atoms with Gasteiger partial charge in [-0.05, 0) is 29.2 Å². The first-order valence-electron chi connectivity index (χ1n) is 7.66. The zero-order valence-electron chi connectivity index (χ0n) is 13.2. The lowest BCUT2D eigenvalue weighted by molar-refractivity contribution is 0.210. The molecule has 1 aromatic heterocycles. The predicted molar refractivity (Wildman–Crippen MR) is 90.7 cm³/mol. The molecule has 1 unspecified atom stereocenters. The second kappa shape index (κ2) is 6.62. The Hall–Kier alpha value is -2.66. The number of hydrogen-bond donors (Lipinski definition) is 3. The molecule has 118 valence electrons. The lowest BCUT2D eigenvalue weighted by Crippen LogP contribution is -2.01. The highest BCUT2D eigenvalue weighted by Gasteiger charge is 2.15. The molecule has 0 bridgehead atoms. The Kier molecular flexibility index (Phi) is 4.39. The number of aromatic amines is 1. The van der Waals surface area contributed by atoms with Crippen LogP contribution in [0.5, 0.6) is 0 Å². The lowest BCUT2D eigenvalue weighted by atomic mass is 10.0. The highest BCUT2D eigenvalue weighted by atomic mass is 16.3. The molecule has 0 radical (unpaired) electrons. The average Bonchev–Trinajstić information content (AvgIpc) is 3.04. The minimum absolute atomic E-state index is 0.414. The van der Waals surface area contributed by atoms with Crippen molar-refractivity contribution >= 4 is 11.6 Å². The molecule has 1 heterocycles. The van der Waals surface area contributed by atoms with Gasteiger partial charge >= 0.3 is 0 Å². The first kappa shape index (κ1) is 15.2. The Morgan fingerprint density at radius 3 is 2.30 bits per heavy atom. The van der Waals surface area contributed by atoms with Crippen molar-refractivity contribution in [3.63, 3.8) is 0 Å². The summed E-state index contributed by atoms with van der Waals surface area (Å²) in [5.74, 6) is 1.35. The molecule has 2 aromatic carbocycles. The fraction of sp³-hybridized carbons (Fsp3) is 0.222. The summed E-state index contributed by atoms with van der Waals surface area (Å²) < 4.78 is 0. The van der Waals surface area contributed by atoms with Crippen LogP contribution in [0.3, 0.4) is 0 Å². The number of aromatic nitrogens is 3. The standard InChI is InChI=1S/C18H20N4O/c1-12(2)13-8-10-15(11-9-13)19-18-20-17(21-22-18)16(23)14-6-4-3-5-7-14/h3-12,16,23H,1-2H3,(H2,19,20,21,22). The van der Waals surface area contributed by atoms with E-state index in [1.54, 1.807) is 0 Å². The summed E-state index contributed by atoms with van der Waals surface area (Å²) >= 11 is 0. The minimum Gasteiger partial charge on any atom is -0.380 e. The molecular weight excluding hydrogens is 288 g/mol. The number of rotatable bonds is 5. The first-order valence-corrected chi connectivity index (χ1v) is 7.66. The molecule has 5 nitrogen and oxygen atoms in total. The molecule has 0 fully saturated rings. The molecule has 0 aliphatic rings. The highest BCUT2D eigenvalue weighted by molar-refractivity contribution is 5.53. The van der Waals surface area contributed by atoms with Crippen molar-refractivity contribution in [3.05, 3.63) is 71.5 Å². The van der Waals surface area contributed by atoms with Crippen LogP contribution in [-0.2, 0) is 0 Å². The van der Waals surface area contributed by atoms with Gasteiger partial charge in [0.25, 0.3) is 0 Å². The van der Waals surface area contributed by atoms with E-state index < -0.39 is 6.10 Å². The third-order valence-electron chi connectivity index (χ3n) is 3.71. The molecule has 0 aliphatic heterocycles. The van der Waals surface area contributed by atoms with E-state index in [2.05, 4.69) is 46.5 Å². The van der Waals surface area contributed by atoms with Crippen LogP contribution in [0.25, 0.3) is 0 Å². The normalized spacial score (nSPS) is 12.3. The molecule has 0 amide bonds. The highest BCUT2D eigenvalue weighted by Crippen LogP contribution is 2.21. The Labute approximate surface area is 135 Å². The van der Waals surface area contributed by atoms with E-state index in [0.717, 1.165) is 11.3 Å². The van der Waals surface area contributed by atoms with Crippen molar-refractivity contribution in [3.8, 4) is 0 Å². The maximum atomic E-state index is 10.3. The number of hydrogen-bond acceptors (Lipinski definition) is 4. The van der Waals surface area contributed by atoms with E-state index in [-0.39, 0.29) is 0 Å². The van der Waals surface area contributed by atoms with Gasteiger partial charge in [0.1, 0.15) is 6.10 Å². The molecule has 3 N–H and O–H groups in total. The number of nitrogens with zero attached hydrogens (tertiary/aromatic N) is 2. The number of aliphatic hydroxyl groups is 1. The van der Waals surface area contributed by atoms with Crippen LogP contribution < -0.4 is 5.32 Å². The van der Waals surface area contributed by atoms with E-state index in [1.807, 2.05) is 42.5 Å². The van der Waals surface area contributed by atoms with Crippen molar-refractivity contribution in [1.29, 1.82) is 0 Å². The van der Waals surface area contributed by atoms with E-state index in [9.17, 15) is 5.11 Å². The number of nitrogens with one attached hydrogen (secondary N) is 2. The molecule has 3 aromatic rings. The molecule has 0 saturated carbocycles. The van der Waals surface area contributed by atoms with Crippen LogP contribution in [0.4, 0.5) is 11.6 Å². The van der Waals surface area contributed by atoms with Crippen molar-refractivity contribution < 1.29 is 5.11 Å². The van der Waals surface area contributed by atoms with Gasteiger partial charge in [-0.3, -0.25) is 5.10 Å². The topological polar surface area (TPSA) is 73.8 Å². The maximum Gasteiger partial charge on any atom is 0.246 e. The number of aliphatic hydroxyl groups excluding tert-OH is 1. The third kappa shape index (κ3) is 3.57. The van der Waals surface area contributed by atoms with Crippen molar-refractivity contribution in [2.24, 2.45) is 0 Å². The van der Waals surface area contributed by atoms with Gasteiger partial charge in [0.2, 0.25) is 5.95 Å². The quantitative estimate of drug-likeness (QED) is 0.671. The molecule has 0 aliphatic carbocycles. The Bertz CT molecular complexity index is 750. The van der Waals surface area contributed by atoms with Gasteiger partial charge in [0, 0.05) is 5.69 Å². The van der Waals surface area contributed by atoms with E-state index >= 15 is 0 Å². The molecule has 0 spiro atoms. The number of anilines is 2. The second-order valence-corrected chi connectivity index (χ2v) is 5.76. The number of benzene rings is 2. The average molecular weight is 308 g/mol. The van der Waals surface area contributed by atoms with E-state index in [1.165, 1.54) is 5.56 Å². The van der Waals surface area contributed by atoms with Gasteiger partial charge < -0.3 is 10.4 Å². The Balaban J connectivity index is 1.72. The van der Waals surface area contributed by atoms with Gasteiger partial charge in [-0.25, -0.2) is 0 Å². The van der Waals surface area contributed by atoms with E-state index in [4.69, 9.17) is 0 Å². The van der Waals surface area contributed by atoms with Crippen LogP contribution in [0.15, 0.2) is 54.6 Å².